The van der Waals surface area contributed by atoms with Crippen LogP contribution < -0.4 is 10.1 Å². The highest BCUT2D eigenvalue weighted by Crippen LogP contribution is 2.60. The maximum atomic E-state index is 13.7. The third-order valence-electron chi connectivity index (χ3n) is 8.32. The second-order valence-electron chi connectivity index (χ2n) is 11.0. The van der Waals surface area contributed by atoms with Crippen LogP contribution in [0, 0.1) is 29.0 Å². The third kappa shape index (κ3) is 6.22. The van der Waals surface area contributed by atoms with E-state index in [9.17, 15) is 9.18 Å². The summed E-state index contributed by atoms with van der Waals surface area (Å²) < 4.78 is 19.0. The van der Waals surface area contributed by atoms with E-state index in [0.717, 1.165) is 87.2 Å². The molecule has 0 saturated heterocycles. The van der Waals surface area contributed by atoms with Gasteiger partial charge in [0.1, 0.15) is 11.6 Å². The van der Waals surface area contributed by atoms with Crippen molar-refractivity contribution >= 4 is 18.3 Å². The van der Waals surface area contributed by atoms with Crippen LogP contribution in [0.2, 0.25) is 0 Å². The molecular weight excluding hydrogens is 439 g/mol. The number of methoxy groups -OCH3 is 1. The molecule has 186 valence electrons. The van der Waals surface area contributed by atoms with Crippen molar-refractivity contribution in [1.29, 1.82) is 0 Å². The van der Waals surface area contributed by atoms with Crippen LogP contribution >= 0.6 is 12.4 Å². The Hall–Kier alpha value is -1.33. The molecule has 0 heterocycles. The predicted molar refractivity (Wildman–Crippen MR) is 133 cm³/mol. The Kier molecular flexibility index (Phi) is 9.08. The molecule has 4 fully saturated rings. The zero-order chi connectivity index (χ0) is 22.7. The van der Waals surface area contributed by atoms with E-state index >= 15 is 0 Å². The molecule has 4 aliphatic rings. The maximum absolute atomic E-state index is 13.7. The van der Waals surface area contributed by atoms with Crippen LogP contribution in [0.1, 0.15) is 70.8 Å². The third-order valence-corrected chi connectivity index (χ3v) is 8.32. The molecule has 4 aliphatic carbocycles. The largest absolute Gasteiger partial charge is 0.496 e. The Morgan fingerprint density at radius 2 is 1.76 bits per heavy atom. The van der Waals surface area contributed by atoms with Gasteiger partial charge in [0.05, 0.1) is 7.11 Å². The molecule has 1 amide bonds. The lowest BCUT2D eigenvalue weighted by molar-refractivity contribution is -0.146. The van der Waals surface area contributed by atoms with Crippen molar-refractivity contribution < 1.29 is 13.9 Å². The van der Waals surface area contributed by atoms with Crippen molar-refractivity contribution in [2.75, 3.05) is 26.7 Å². The average molecular weight is 481 g/mol. The normalized spacial score (nSPS) is 27.6. The van der Waals surface area contributed by atoms with E-state index in [1.807, 2.05) is 0 Å². The van der Waals surface area contributed by atoms with Crippen LogP contribution in [0.15, 0.2) is 18.2 Å². The van der Waals surface area contributed by atoms with E-state index in [-0.39, 0.29) is 23.6 Å². The summed E-state index contributed by atoms with van der Waals surface area (Å²) in [5.74, 6) is 3.31. The fourth-order valence-electron chi connectivity index (χ4n) is 7.05. The lowest BCUT2D eigenvalue weighted by Crippen LogP contribution is -2.53. The van der Waals surface area contributed by atoms with Crippen molar-refractivity contribution in [3.8, 4) is 5.75 Å². The Balaban J connectivity index is 0.00000306. The summed E-state index contributed by atoms with van der Waals surface area (Å²) in [6.07, 6.45) is 10.4. The highest BCUT2D eigenvalue weighted by molar-refractivity contribution is 5.85. The first-order valence-electron chi connectivity index (χ1n) is 12.7. The van der Waals surface area contributed by atoms with E-state index in [4.69, 9.17) is 4.74 Å². The molecule has 1 N–H and O–H groups in total. The number of rotatable bonds is 11. The molecule has 4 nitrogen and oxygen atoms in total. The summed E-state index contributed by atoms with van der Waals surface area (Å²) in [7, 11) is 1.63. The van der Waals surface area contributed by atoms with Gasteiger partial charge >= 0.3 is 0 Å². The molecular formula is C27H42ClFN2O2. The number of halogens is 2. The fraction of sp³-hybridized carbons (Fsp3) is 0.741. The summed E-state index contributed by atoms with van der Waals surface area (Å²) in [4.78, 5) is 15.5. The van der Waals surface area contributed by atoms with Crippen molar-refractivity contribution in [3.05, 3.63) is 29.6 Å². The second kappa shape index (κ2) is 11.4. The van der Waals surface area contributed by atoms with Crippen molar-refractivity contribution in [2.24, 2.45) is 23.2 Å². The van der Waals surface area contributed by atoms with Gasteiger partial charge in [0.2, 0.25) is 5.91 Å². The van der Waals surface area contributed by atoms with Crippen LogP contribution in [-0.2, 0) is 11.2 Å². The van der Waals surface area contributed by atoms with Crippen molar-refractivity contribution in [3.63, 3.8) is 0 Å². The highest BCUT2D eigenvalue weighted by Gasteiger charge is 2.54. The quantitative estimate of drug-likeness (QED) is 0.418. The Morgan fingerprint density at radius 1 is 1.12 bits per heavy atom. The number of amides is 1. The first-order chi connectivity index (χ1) is 15.4. The van der Waals surface area contributed by atoms with Gasteiger partial charge in [0.15, 0.2) is 0 Å². The first kappa shape index (κ1) is 26.3. The van der Waals surface area contributed by atoms with Crippen molar-refractivity contribution in [1.82, 2.24) is 10.2 Å². The minimum absolute atomic E-state index is 0. The van der Waals surface area contributed by atoms with Gasteiger partial charge in [-0.1, -0.05) is 0 Å². The molecule has 0 atom stereocenters. The zero-order valence-electron chi connectivity index (χ0n) is 20.6. The molecule has 0 spiro atoms. The SMILES string of the molecule is COc1ccc(F)cc1CCN(CCCCNC(=O)C12CC3CC(CC(C3)C1)C2)C(C)C.Cl. The van der Waals surface area contributed by atoms with Crippen LogP contribution in [0.4, 0.5) is 4.39 Å². The molecule has 6 heteroatoms. The van der Waals surface area contributed by atoms with Gasteiger partial charge < -0.3 is 15.0 Å². The van der Waals surface area contributed by atoms with Crippen LogP contribution in [0.3, 0.4) is 0 Å². The first-order valence-corrected chi connectivity index (χ1v) is 12.7. The molecule has 5 rings (SSSR count). The molecule has 33 heavy (non-hydrogen) atoms. The lowest BCUT2D eigenvalue weighted by Gasteiger charge is -2.55. The van der Waals surface area contributed by atoms with Gasteiger partial charge in [-0.15, -0.1) is 12.4 Å². The van der Waals surface area contributed by atoms with Gasteiger partial charge in [0, 0.05) is 24.5 Å². The molecule has 4 saturated carbocycles. The minimum Gasteiger partial charge on any atom is -0.496 e. The summed E-state index contributed by atoms with van der Waals surface area (Å²) in [6, 6.07) is 5.16. The van der Waals surface area contributed by atoms with Gasteiger partial charge in [-0.25, -0.2) is 4.39 Å². The number of benzene rings is 1. The van der Waals surface area contributed by atoms with E-state index in [0.29, 0.717) is 11.9 Å². The minimum atomic E-state index is -0.216. The highest BCUT2D eigenvalue weighted by atomic mass is 35.5. The summed E-state index contributed by atoms with van der Waals surface area (Å²) in [5.41, 5.74) is 0.879. The monoisotopic (exact) mass is 480 g/mol. The zero-order valence-corrected chi connectivity index (χ0v) is 21.4. The van der Waals surface area contributed by atoms with Gasteiger partial charge in [-0.2, -0.15) is 0 Å². The summed E-state index contributed by atoms with van der Waals surface area (Å²) in [5, 5.41) is 3.31. The van der Waals surface area contributed by atoms with E-state index < -0.39 is 0 Å². The van der Waals surface area contributed by atoms with E-state index in [2.05, 4.69) is 24.1 Å². The molecule has 0 aromatic heterocycles. The standard InChI is InChI=1S/C27H41FN2O2.ClH/c1-19(2)30(11-8-23-15-24(28)6-7-25(23)32-3)10-5-4-9-29-26(31)27-16-20-12-21(17-27)14-22(13-20)18-27;/h6-7,15,19-22H,4-5,8-14,16-18H2,1-3H3,(H,29,31);1H. The molecule has 1 aromatic carbocycles. The Bertz CT molecular complexity index is 765. The van der Waals surface area contributed by atoms with Gasteiger partial charge in [0.25, 0.3) is 0 Å². The molecule has 4 bridgehead atoms. The lowest BCUT2D eigenvalue weighted by atomic mass is 9.49. The number of hydrogen-bond donors (Lipinski definition) is 1. The van der Waals surface area contributed by atoms with Crippen LogP contribution in [-0.4, -0.2) is 43.6 Å². The summed E-state index contributed by atoms with van der Waals surface area (Å²) >= 11 is 0. The number of unbranched alkanes of at least 4 members (excludes halogenated alkanes) is 1. The Labute approximate surface area is 205 Å². The number of nitrogens with zero attached hydrogens (tertiary/aromatic N) is 1. The van der Waals surface area contributed by atoms with Gasteiger partial charge in [-0.3, -0.25) is 4.79 Å². The number of carbonyl (C=O) groups excluding carboxylic acids is 1. The van der Waals surface area contributed by atoms with Crippen molar-refractivity contribution in [2.45, 2.75) is 77.7 Å². The molecule has 0 unspecified atom stereocenters. The summed E-state index contributed by atoms with van der Waals surface area (Å²) in [6.45, 7) is 7.05. The smallest absolute Gasteiger partial charge is 0.226 e. The molecule has 0 radical (unpaired) electrons. The number of hydrogen-bond acceptors (Lipinski definition) is 3. The van der Waals surface area contributed by atoms with Crippen LogP contribution in [0.5, 0.6) is 5.75 Å². The van der Waals surface area contributed by atoms with Gasteiger partial charge in [-0.05, 0) is 120 Å². The maximum Gasteiger partial charge on any atom is 0.226 e. The molecule has 0 aliphatic heterocycles. The number of carbonyl (C=O) groups is 1. The average Bonchev–Trinajstić information content (AvgIpc) is 2.74. The predicted octanol–water partition coefficient (Wildman–Crippen LogP) is 5.62. The number of nitrogens with one attached hydrogen (secondary N) is 1. The van der Waals surface area contributed by atoms with E-state index in [1.54, 1.807) is 19.2 Å². The topological polar surface area (TPSA) is 41.6 Å². The fourth-order valence-corrected chi connectivity index (χ4v) is 7.05. The van der Waals surface area contributed by atoms with Crippen LogP contribution in [0.25, 0.3) is 0 Å². The molecule has 1 aromatic rings. The second-order valence-corrected chi connectivity index (χ2v) is 11.0. The number of ether oxygens (including phenoxy) is 1. The Morgan fingerprint density at radius 3 is 2.33 bits per heavy atom. The van der Waals surface area contributed by atoms with E-state index in [1.165, 1.54) is 25.3 Å².